The van der Waals surface area contributed by atoms with Gasteiger partial charge in [0.15, 0.2) is 0 Å². The first-order valence-electron chi connectivity index (χ1n) is 10.6. The maximum Gasteiger partial charge on any atom is 0.132 e. The molecule has 142 valence electrons. The molecule has 0 saturated heterocycles. The van der Waals surface area contributed by atoms with E-state index in [-0.39, 0.29) is 0 Å². The predicted octanol–water partition coefficient (Wildman–Crippen LogP) is 6.10. The van der Waals surface area contributed by atoms with Gasteiger partial charge in [-0.15, -0.1) is 0 Å². The highest BCUT2D eigenvalue weighted by Crippen LogP contribution is 2.62. The van der Waals surface area contributed by atoms with Crippen LogP contribution in [0.25, 0.3) is 21.9 Å². The van der Waals surface area contributed by atoms with Crippen molar-refractivity contribution < 1.29 is 4.74 Å². The molecular weight excluding hydrogens is 375 g/mol. The highest BCUT2D eigenvalue weighted by atomic mass is 16.5. The van der Waals surface area contributed by atoms with Gasteiger partial charge >= 0.3 is 0 Å². The van der Waals surface area contributed by atoms with E-state index < -0.39 is 5.41 Å². The second kappa shape index (κ2) is 5.89. The first-order chi connectivity index (χ1) is 15.3. The Hall–Kier alpha value is -3.78. The van der Waals surface area contributed by atoms with E-state index in [1.165, 1.54) is 38.6 Å². The smallest absolute Gasteiger partial charge is 0.132 e. The van der Waals surface area contributed by atoms with Gasteiger partial charge in [0, 0.05) is 11.1 Å². The highest BCUT2D eigenvalue weighted by molar-refractivity contribution is 6.32. The first kappa shape index (κ1) is 17.0. The molecule has 1 nitrogen and oxygen atoms in total. The summed E-state index contributed by atoms with van der Waals surface area (Å²) >= 11 is 0. The number of para-hydroxylation sites is 1. The molecule has 0 aromatic heterocycles. The van der Waals surface area contributed by atoms with Gasteiger partial charge in [-0.3, -0.25) is 0 Å². The molecule has 1 aliphatic carbocycles. The number of hydrogen-bond acceptors (Lipinski definition) is 1. The zero-order valence-corrected chi connectivity index (χ0v) is 16.8. The fourth-order valence-electron chi connectivity index (χ4n) is 5.61. The van der Waals surface area contributed by atoms with Crippen LogP contribution in [0.3, 0.4) is 0 Å². The molecule has 0 bridgehead atoms. The summed E-state index contributed by atoms with van der Waals surface area (Å²) in [5.74, 6) is 1.71. The molecule has 2 aliphatic rings. The van der Waals surface area contributed by atoms with Crippen molar-refractivity contribution in [1.29, 1.82) is 0 Å². The van der Waals surface area contributed by atoms with Crippen molar-refractivity contribution in [2.24, 2.45) is 0 Å². The van der Waals surface area contributed by atoms with E-state index in [1.807, 2.05) is 18.2 Å². The van der Waals surface area contributed by atoms with Crippen LogP contribution in [-0.4, -0.2) is 7.85 Å². The molecule has 1 atom stereocenters. The van der Waals surface area contributed by atoms with Crippen molar-refractivity contribution in [3.8, 4) is 22.6 Å². The molecule has 1 heterocycles. The van der Waals surface area contributed by atoms with Crippen LogP contribution in [-0.2, 0) is 5.41 Å². The Morgan fingerprint density at radius 2 is 1.19 bits per heavy atom. The number of fused-ring (bicyclic) bond motifs is 10. The number of hydrogen-bond donors (Lipinski definition) is 0. The van der Waals surface area contributed by atoms with Crippen molar-refractivity contribution >= 4 is 24.1 Å². The molecular formula is C29H17BO. The lowest BCUT2D eigenvalue weighted by molar-refractivity contribution is 0.437. The summed E-state index contributed by atoms with van der Waals surface area (Å²) in [4.78, 5) is 0. The maximum atomic E-state index is 6.38. The van der Waals surface area contributed by atoms with Crippen molar-refractivity contribution in [3.05, 3.63) is 125 Å². The van der Waals surface area contributed by atoms with Gasteiger partial charge < -0.3 is 4.74 Å². The Labute approximate surface area is 182 Å². The summed E-state index contributed by atoms with van der Waals surface area (Å²) in [6.07, 6.45) is 0. The third-order valence-electron chi connectivity index (χ3n) is 6.83. The van der Waals surface area contributed by atoms with Crippen LogP contribution in [0.5, 0.6) is 11.5 Å². The fourth-order valence-corrected chi connectivity index (χ4v) is 5.61. The molecule has 7 rings (SSSR count). The molecule has 0 amide bonds. The van der Waals surface area contributed by atoms with Crippen molar-refractivity contribution in [2.75, 3.05) is 0 Å². The van der Waals surface area contributed by atoms with Gasteiger partial charge in [-0.25, -0.2) is 0 Å². The zero-order chi connectivity index (χ0) is 20.6. The minimum atomic E-state index is -0.437. The van der Waals surface area contributed by atoms with Gasteiger partial charge in [0.2, 0.25) is 0 Å². The van der Waals surface area contributed by atoms with Crippen molar-refractivity contribution in [1.82, 2.24) is 0 Å². The van der Waals surface area contributed by atoms with E-state index in [0.29, 0.717) is 5.46 Å². The van der Waals surface area contributed by atoms with Crippen LogP contribution >= 0.6 is 0 Å². The second-order valence-corrected chi connectivity index (χ2v) is 8.39. The monoisotopic (exact) mass is 392 g/mol. The fraction of sp³-hybridized carbons (Fsp3) is 0.0345. The topological polar surface area (TPSA) is 9.23 Å². The molecule has 31 heavy (non-hydrogen) atoms. The van der Waals surface area contributed by atoms with E-state index in [0.717, 1.165) is 17.1 Å². The van der Waals surface area contributed by atoms with Gasteiger partial charge in [-0.1, -0.05) is 84.3 Å². The molecule has 2 heteroatoms. The Morgan fingerprint density at radius 1 is 0.516 bits per heavy atom. The summed E-state index contributed by atoms with van der Waals surface area (Å²) < 4.78 is 6.38. The lowest BCUT2D eigenvalue weighted by Crippen LogP contribution is -2.32. The largest absolute Gasteiger partial charge is 0.457 e. The maximum absolute atomic E-state index is 6.38. The lowest BCUT2D eigenvalue weighted by Gasteiger charge is -2.39. The SMILES string of the molecule is [B]c1ccc2c(c1)Oc1ccccc1C21c2ccccc2-c2cc3ccccc3cc21. The first-order valence-corrected chi connectivity index (χ1v) is 10.6. The second-order valence-electron chi connectivity index (χ2n) is 8.39. The Morgan fingerprint density at radius 3 is 2.06 bits per heavy atom. The van der Waals surface area contributed by atoms with Crippen molar-refractivity contribution in [3.63, 3.8) is 0 Å². The molecule has 0 fully saturated rings. The van der Waals surface area contributed by atoms with E-state index in [2.05, 4.69) is 84.9 Å². The summed E-state index contributed by atoms with van der Waals surface area (Å²) in [6.45, 7) is 0. The standard InChI is InChI=1S/C29H17BO/c30-20-13-14-25-28(17-20)31-27-12-6-5-11-24(27)29(25)23-10-4-3-9-21(23)22-15-18-7-1-2-8-19(18)16-26(22)29/h1-17H. The Bertz CT molecular complexity index is 1530. The quantitative estimate of drug-likeness (QED) is 0.283. The van der Waals surface area contributed by atoms with Crippen molar-refractivity contribution in [2.45, 2.75) is 5.41 Å². The van der Waals surface area contributed by atoms with Gasteiger partial charge in [-0.2, -0.15) is 0 Å². The zero-order valence-electron chi connectivity index (χ0n) is 16.8. The summed E-state index contributed by atoms with van der Waals surface area (Å²) in [5, 5.41) is 2.50. The van der Waals surface area contributed by atoms with E-state index in [9.17, 15) is 0 Å². The molecule has 2 radical (unpaired) electrons. The van der Waals surface area contributed by atoms with E-state index >= 15 is 0 Å². The highest BCUT2D eigenvalue weighted by Gasteiger charge is 2.51. The van der Waals surface area contributed by atoms with Gasteiger partial charge in [0.1, 0.15) is 19.3 Å². The summed E-state index contributed by atoms with van der Waals surface area (Å²) in [7, 11) is 6.17. The number of benzene rings is 5. The van der Waals surface area contributed by atoms with Gasteiger partial charge in [0.05, 0.1) is 5.41 Å². The lowest BCUT2D eigenvalue weighted by atomic mass is 9.65. The van der Waals surface area contributed by atoms with Gasteiger partial charge in [0.25, 0.3) is 0 Å². The van der Waals surface area contributed by atoms with Crippen LogP contribution in [0.15, 0.2) is 103 Å². The molecule has 1 spiro atoms. The van der Waals surface area contributed by atoms with E-state index in [4.69, 9.17) is 12.6 Å². The van der Waals surface area contributed by atoms with Crippen LogP contribution < -0.4 is 10.2 Å². The van der Waals surface area contributed by atoms with Crippen LogP contribution in [0.2, 0.25) is 0 Å². The average molecular weight is 392 g/mol. The van der Waals surface area contributed by atoms with Gasteiger partial charge in [-0.05, 0) is 57.3 Å². The number of rotatable bonds is 0. The molecule has 0 saturated carbocycles. The van der Waals surface area contributed by atoms with Crippen LogP contribution in [0, 0.1) is 0 Å². The predicted molar refractivity (Wildman–Crippen MR) is 127 cm³/mol. The Kier molecular flexibility index (Phi) is 3.22. The Balaban J connectivity index is 1.72. The normalized spacial score (nSPS) is 17.5. The third-order valence-corrected chi connectivity index (χ3v) is 6.83. The minimum Gasteiger partial charge on any atom is -0.457 e. The average Bonchev–Trinajstić information content (AvgIpc) is 3.08. The van der Waals surface area contributed by atoms with Crippen LogP contribution in [0.4, 0.5) is 0 Å². The molecule has 5 aromatic rings. The summed E-state index contributed by atoms with van der Waals surface area (Å²) in [5.41, 5.74) is 7.75. The van der Waals surface area contributed by atoms with E-state index in [1.54, 1.807) is 0 Å². The third kappa shape index (κ3) is 2.07. The minimum absolute atomic E-state index is 0.437. The number of ether oxygens (including phenoxy) is 1. The molecule has 0 N–H and O–H groups in total. The summed E-state index contributed by atoms with van der Waals surface area (Å²) in [6, 6.07) is 36.6. The van der Waals surface area contributed by atoms with Crippen LogP contribution in [0.1, 0.15) is 22.3 Å². The molecule has 5 aromatic carbocycles. The molecule has 1 aliphatic heterocycles. The molecule has 1 unspecified atom stereocenters.